The van der Waals surface area contributed by atoms with E-state index in [1.165, 1.54) is 0 Å². The highest BCUT2D eigenvalue weighted by atomic mass is 32.2. The average Bonchev–Trinajstić information content (AvgIpc) is 3.00. The molecule has 1 aromatic heterocycles. The molecule has 0 saturated heterocycles. The van der Waals surface area contributed by atoms with Crippen molar-refractivity contribution in [3.8, 4) is 11.1 Å². The zero-order valence-corrected chi connectivity index (χ0v) is 25.7. The SMILES string of the molecule is Cc1cc(C)c(S(=O)(=O)N[C@@H](Cc2ccc(-c3cccc(Nc4c(NCc5ccccn5)c(=O)c4=O)c3)cc2)C(=O)O)c(C)c1. The third-order valence-electron chi connectivity index (χ3n) is 7.41. The molecule has 0 aliphatic carbocycles. The highest BCUT2D eigenvalue weighted by Crippen LogP contribution is 2.27. The Labute approximate surface area is 260 Å². The predicted molar refractivity (Wildman–Crippen MR) is 174 cm³/mol. The van der Waals surface area contributed by atoms with Crippen LogP contribution in [0.4, 0.5) is 17.1 Å². The molecule has 5 aromatic rings. The number of aliphatic carboxylic acids is 1. The molecule has 10 nitrogen and oxygen atoms in total. The molecule has 0 saturated carbocycles. The van der Waals surface area contributed by atoms with Gasteiger partial charge in [-0.3, -0.25) is 19.4 Å². The summed E-state index contributed by atoms with van der Waals surface area (Å²) in [6.45, 7) is 5.54. The summed E-state index contributed by atoms with van der Waals surface area (Å²) in [6.07, 6.45) is 1.59. The second-order valence-electron chi connectivity index (χ2n) is 10.9. The van der Waals surface area contributed by atoms with Crippen LogP contribution < -0.4 is 26.2 Å². The zero-order chi connectivity index (χ0) is 32.3. The van der Waals surface area contributed by atoms with Crippen LogP contribution in [0, 0.1) is 20.8 Å². The van der Waals surface area contributed by atoms with Crippen molar-refractivity contribution in [1.29, 1.82) is 0 Å². The minimum atomic E-state index is -4.09. The number of benzene rings is 3. The van der Waals surface area contributed by atoms with Crippen LogP contribution in [0.25, 0.3) is 11.1 Å². The summed E-state index contributed by atoms with van der Waals surface area (Å²) in [6, 6.07) is 22.0. The molecular weight excluding hydrogens is 592 g/mol. The molecule has 0 bridgehead atoms. The number of carboxylic acid groups (broad SMARTS) is 1. The Morgan fingerprint density at radius 3 is 2.18 bits per heavy atom. The highest BCUT2D eigenvalue weighted by Gasteiger charge is 2.28. The normalized spacial score (nSPS) is 12.2. The van der Waals surface area contributed by atoms with E-state index in [9.17, 15) is 27.9 Å². The molecule has 0 amide bonds. The smallest absolute Gasteiger partial charge is 0.322 e. The van der Waals surface area contributed by atoms with Crippen molar-refractivity contribution in [3.63, 3.8) is 0 Å². The van der Waals surface area contributed by atoms with Crippen LogP contribution in [-0.2, 0) is 27.8 Å². The maximum absolute atomic E-state index is 13.2. The number of rotatable bonds is 12. The molecule has 0 unspecified atom stereocenters. The number of carboxylic acids is 1. The van der Waals surface area contributed by atoms with Gasteiger partial charge in [0, 0.05) is 11.9 Å². The molecule has 11 heteroatoms. The van der Waals surface area contributed by atoms with Gasteiger partial charge >= 0.3 is 5.97 Å². The van der Waals surface area contributed by atoms with Gasteiger partial charge in [0.2, 0.25) is 10.0 Å². The van der Waals surface area contributed by atoms with Crippen LogP contribution in [0.2, 0.25) is 0 Å². The maximum atomic E-state index is 13.2. The van der Waals surface area contributed by atoms with Gasteiger partial charge in [-0.15, -0.1) is 0 Å². The zero-order valence-electron chi connectivity index (χ0n) is 24.9. The van der Waals surface area contributed by atoms with Gasteiger partial charge in [0.15, 0.2) is 0 Å². The van der Waals surface area contributed by atoms with Crippen molar-refractivity contribution in [2.45, 2.75) is 44.7 Å². The molecule has 45 heavy (non-hydrogen) atoms. The highest BCUT2D eigenvalue weighted by molar-refractivity contribution is 7.89. The Kier molecular flexibility index (Phi) is 8.94. The van der Waals surface area contributed by atoms with E-state index in [4.69, 9.17) is 0 Å². The van der Waals surface area contributed by atoms with E-state index < -0.39 is 32.9 Å². The number of sulfonamides is 1. The molecule has 5 rings (SSSR count). The predicted octanol–water partition coefficient (Wildman–Crippen LogP) is 4.60. The van der Waals surface area contributed by atoms with Gasteiger partial charge in [0.05, 0.1) is 17.1 Å². The number of pyridine rings is 1. The summed E-state index contributed by atoms with van der Waals surface area (Å²) in [7, 11) is -4.09. The molecule has 1 heterocycles. The summed E-state index contributed by atoms with van der Waals surface area (Å²) < 4.78 is 28.8. The van der Waals surface area contributed by atoms with E-state index in [1.807, 2.05) is 49.4 Å². The van der Waals surface area contributed by atoms with Gasteiger partial charge in [-0.05, 0) is 79.3 Å². The first-order valence-electron chi connectivity index (χ1n) is 14.2. The monoisotopic (exact) mass is 624 g/mol. The molecular formula is C34H32N4O6S. The Hall–Kier alpha value is -5.13. The van der Waals surface area contributed by atoms with Crippen LogP contribution in [-0.4, -0.2) is 30.5 Å². The Morgan fingerprint density at radius 2 is 1.53 bits per heavy atom. The second-order valence-corrected chi connectivity index (χ2v) is 12.6. The number of anilines is 3. The fourth-order valence-corrected chi connectivity index (χ4v) is 7.01. The van der Waals surface area contributed by atoms with E-state index in [2.05, 4.69) is 20.3 Å². The lowest BCUT2D eigenvalue weighted by Crippen LogP contribution is -2.42. The van der Waals surface area contributed by atoms with Crippen molar-refractivity contribution in [2.75, 3.05) is 10.6 Å². The quantitative estimate of drug-likeness (QED) is 0.146. The lowest BCUT2D eigenvalue weighted by molar-refractivity contribution is -0.138. The average molecular weight is 625 g/mol. The molecule has 0 fully saturated rings. The standard InChI is InChI=1S/C34H32N4O6S/c1-20-15-21(2)33(22(3)16-20)45(43,44)38-28(34(41)42)17-23-10-12-24(13-11-23)25-7-6-9-26(18-25)37-30-29(31(39)32(30)40)36-19-27-8-4-5-14-35-27/h4-16,18,28,36-38H,17,19H2,1-3H3,(H,41,42)/t28-/m0/s1. The molecule has 0 aliphatic rings. The minimum Gasteiger partial charge on any atom is -0.480 e. The third-order valence-corrected chi connectivity index (χ3v) is 9.19. The van der Waals surface area contributed by atoms with E-state index in [0.717, 1.165) is 22.4 Å². The van der Waals surface area contributed by atoms with Crippen LogP contribution in [0.1, 0.15) is 27.9 Å². The van der Waals surface area contributed by atoms with Crippen molar-refractivity contribution >= 4 is 33.1 Å². The fraction of sp³-hybridized carbons (Fsp3) is 0.176. The van der Waals surface area contributed by atoms with E-state index >= 15 is 0 Å². The van der Waals surface area contributed by atoms with Crippen LogP contribution in [0.3, 0.4) is 0 Å². The number of nitrogens with zero attached hydrogens (tertiary/aromatic N) is 1. The fourth-order valence-electron chi connectivity index (χ4n) is 5.37. The first kappa shape index (κ1) is 31.3. The van der Waals surface area contributed by atoms with Gasteiger partial charge in [0.25, 0.3) is 10.9 Å². The number of hydrogen-bond acceptors (Lipinski definition) is 8. The number of hydrogen-bond donors (Lipinski definition) is 4. The lowest BCUT2D eigenvalue weighted by Gasteiger charge is -2.18. The Bertz CT molecular complexity index is 2030. The molecule has 4 aromatic carbocycles. The van der Waals surface area contributed by atoms with E-state index in [1.54, 1.807) is 56.4 Å². The van der Waals surface area contributed by atoms with Crippen molar-refractivity contribution in [3.05, 3.63) is 133 Å². The van der Waals surface area contributed by atoms with Crippen LogP contribution in [0.5, 0.6) is 0 Å². The molecule has 1 atom stereocenters. The Morgan fingerprint density at radius 1 is 0.844 bits per heavy atom. The molecule has 230 valence electrons. The maximum Gasteiger partial charge on any atom is 0.322 e. The first-order valence-corrected chi connectivity index (χ1v) is 15.7. The van der Waals surface area contributed by atoms with Crippen molar-refractivity contribution < 1.29 is 18.3 Å². The number of nitrogens with one attached hydrogen (secondary N) is 3. The number of aromatic nitrogens is 1. The van der Waals surface area contributed by atoms with Crippen molar-refractivity contribution in [2.24, 2.45) is 0 Å². The number of carbonyl (C=O) groups is 1. The first-order chi connectivity index (χ1) is 21.4. The number of aryl methyl sites for hydroxylation is 3. The summed E-state index contributed by atoms with van der Waals surface area (Å²) >= 11 is 0. The van der Waals surface area contributed by atoms with Gasteiger partial charge < -0.3 is 15.7 Å². The summed E-state index contributed by atoms with van der Waals surface area (Å²) in [5.41, 5.74) is 4.80. The molecule has 0 radical (unpaired) electrons. The van der Waals surface area contributed by atoms with E-state index in [0.29, 0.717) is 28.9 Å². The molecule has 4 N–H and O–H groups in total. The Balaban J connectivity index is 1.29. The summed E-state index contributed by atoms with van der Waals surface area (Å²) in [5, 5.41) is 15.9. The molecule has 0 aliphatic heterocycles. The topological polar surface area (TPSA) is 155 Å². The second kappa shape index (κ2) is 12.8. The van der Waals surface area contributed by atoms with E-state index in [-0.39, 0.29) is 22.7 Å². The minimum absolute atomic E-state index is 0.0566. The summed E-state index contributed by atoms with van der Waals surface area (Å²) in [4.78, 5) is 40.9. The summed E-state index contributed by atoms with van der Waals surface area (Å²) in [5.74, 6) is -1.28. The third kappa shape index (κ3) is 7.00. The van der Waals surface area contributed by atoms with Crippen LogP contribution in [0.15, 0.2) is 99.5 Å². The van der Waals surface area contributed by atoms with Gasteiger partial charge in [-0.1, -0.05) is 60.2 Å². The van der Waals surface area contributed by atoms with Crippen molar-refractivity contribution in [1.82, 2.24) is 9.71 Å². The van der Waals surface area contributed by atoms with Gasteiger partial charge in [-0.25, -0.2) is 8.42 Å². The van der Waals surface area contributed by atoms with Gasteiger partial charge in [-0.2, -0.15) is 4.72 Å². The van der Waals surface area contributed by atoms with Crippen LogP contribution >= 0.6 is 0 Å². The lowest BCUT2D eigenvalue weighted by atomic mass is 10.0. The van der Waals surface area contributed by atoms with Gasteiger partial charge in [0.1, 0.15) is 17.4 Å². The molecule has 0 spiro atoms. The largest absolute Gasteiger partial charge is 0.480 e.